The summed E-state index contributed by atoms with van der Waals surface area (Å²) < 4.78 is 5.19. The quantitative estimate of drug-likeness (QED) is 0.774. The molecule has 2 aromatic carbocycles. The van der Waals surface area contributed by atoms with E-state index in [1.165, 1.54) is 13.5 Å². The lowest BCUT2D eigenvalue weighted by Gasteiger charge is -2.26. The molecule has 2 aromatic rings. The minimum absolute atomic E-state index is 0.0540. The molecule has 0 bridgehead atoms. The third kappa shape index (κ3) is 4.86. The Morgan fingerprint density at radius 2 is 1.68 bits per heavy atom. The lowest BCUT2D eigenvalue weighted by atomic mass is 10.1. The molecule has 1 fully saturated rings. The molecule has 0 aliphatic carbocycles. The molecular formula is C21H23N3O3S. The SMILES string of the molecule is COc1ccccc1C(=O)NC(=S)Nc1ccc(C(=O)N2CCCCC2)cc1. The maximum absolute atomic E-state index is 12.5. The topological polar surface area (TPSA) is 70.7 Å². The highest BCUT2D eigenvalue weighted by atomic mass is 32.1. The second-order valence-corrected chi connectivity index (χ2v) is 6.95. The third-order valence-corrected chi connectivity index (χ3v) is 4.82. The molecule has 146 valence electrons. The van der Waals surface area contributed by atoms with Crippen LogP contribution in [-0.4, -0.2) is 42.0 Å². The standard InChI is InChI=1S/C21H23N3O3S/c1-27-18-8-4-3-7-17(18)19(25)23-21(28)22-16-11-9-15(10-12-16)20(26)24-13-5-2-6-14-24/h3-4,7-12H,2,5-6,13-14H2,1H3,(H2,22,23,25,28). The summed E-state index contributed by atoms with van der Waals surface area (Å²) in [6.07, 6.45) is 3.31. The van der Waals surface area contributed by atoms with Crippen LogP contribution in [0.25, 0.3) is 0 Å². The van der Waals surface area contributed by atoms with Crippen LogP contribution in [0.1, 0.15) is 40.0 Å². The van der Waals surface area contributed by atoms with Gasteiger partial charge in [0.1, 0.15) is 5.75 Å². The predicted molar refractivity (Wildman–Crippen MR) is 113 cm³/mol. The van der Waals surface area contributed by atoms with E-state index in [1.807, 2.05) is 4.90 Å². The van der Waals surface area contributed by atoms with Gasteiger partial charge in [0.25, 0.3) is 11.8 Å². The largest absolute Gasteiger partial charge is 0.496 e. The van der Waals surface area contributed by atoms with Crippen LogP contribution in [0.3, 0.4) is 0 Å². The zero-order valence-corrected chi connectivity index (χ0v) is 16.6. The van der Waals surface area contributed by atoms with Gasteiger partial charge in [0.05, 0.1) is 12.7 Å². The van der Waals surface area contributed by atoms with Gasteiger partial charge >= 0.3 is 0 Å². The highest BCUT2D eigenvalue weighted by molar-refractivity contribution is 7.80. The van der Waals surface area contributed by atoms with Gasteiger partial charge in [0, 0.05) is 24.3 Å². The van der Waals surface area contributed by atoms with Gasteiger partial charge in [-0.05, 0) is 67.9 Å². The fourth-order valence-corrected chi connectivity index (χ4v) is 3.35. The number of ether oxygens (including phenoxy) is 1. The molecule has 0 spiro atoms. The fourth-order valence-electron chi connectivity index (χ4n) is 3.14. The van der Waals surface area contributed by atoms with Gasteiger partial charge in [0.15, 0.2) is 5.11 Å². The molecular weight excluding hydrogens is 374 g/mol. The molecule has 28 heavy (non-hydrogen) atoms. The Bertz CT molecular complexity index is 861. The molecule has 3 rings (SSSR count). The van der Waals surface area contributed by atoms with E-state index in [4.69, 9.17) is 17.0 Å². The number of rotatable bonds is 4. The van der Waals surface area contributed by atoms with Crippen molar-refractivity contribution in [2.24, 2.45) is 0 Å². The Morgan fingerprint density at radius 1 is 1.00 bits per heavy atom. The number of anilines is 1. The maximum Gasteiger partial charge on any atom is 0.261 e. The van der Waals surface area contributed by atoms with Crippen LogP contribution in [0.15, 0.2) is 48.5 Å². The van der Waals surface area contributed by atoms with E-state index in [0.717, 1.165) is 25.9 Å². The second-order valence-electron chi connectivity index (χ2n) is 6.54. The predicted octanol–water partition coefficient (Wildman–Crippen LogP) is 3.45. The van der Waals surface area contributed by atoms with Crippen molar-refractivity contribution in [2.45, 2.75) is 19.3 Å². The third-order valence-electron chi connectivity index (χ3n) is 4.61. The van der Waals surface area contributed by atoms with Crippen molar-refractivity contribution in [3.05, 3.63) is 59.7 Å². The number of likely N-dealkylation sites (tertiary alicyclic amines) is 1. The van der Waals surface area contributed by atoms with Crippen LogP contribution in [0.2, 0.25) is 0 Å². The van der Waals surface area contributed by atoms with E-state index in [-0.39, 0.29) is 16.9 Å². The van der Waals surface area contributed by atoms with Crippen LogP contribution in [0, 0.1) is 0 Å². The molecule has 0 saturated carbocycles. The van der Waals surface area contributed by atoms with Crippen molar-refractivity contribution in [2.75, 3.05) is 25.5 Å². The van der Waals surface area contributed by atoms with Gasteiger partial charge < -0.3 is 15.0 Å². The zero-order valence-electron chi connectivity index (χ0n) is 15.7. The van der Waals surface area contributed by atoms with Crippen molar-refractivity contribution < 1.29 is 14.3 Å². The number of carbonyl (C=O) groups is 2. The average Bonchev–Trinajstić information content (AvgIpc) is 2.74. The highest BCUT2D eigenvalue weighted by Gasteiger charge is 2.18. The van der Waals surface area contributed by atoms with Crippen LogP contribution >= 0.6 is 12.2 Å². The molecule has 1 saturated heterocycles. The molecule has 2 N–H and O–H groups in total. The summed E-state index contributed by atoms with van der Waals surface area (Å²) >= 11 is 5.22. The van der Waals surface area contributed by atoms with Gasteiger partial charge in [-0.1, -0.05) is 12.1 Å². The van der Waals surface area contributed by atoms with E-state index in [2.05, 4.69) is 10.6 Å². The molecule has 0 aromatic heterocycles. The molecule has 0 unspecified atom stereocenters. The maximum atomic E-state index is 12.5. The number of nitrogens with one attached hydrogen (secondary N) is 2. The zero-order chi connectivity index (χ0) is 19.9. The first-order chi connectivity index (χ1) is 13.6. The van der Waals surface area contributed by atoms with E-state index >= 15 is 0 Å². The molecule has 1 aliphatic heterocycles. The van der Waals surface area contributed by atoms with E-state index in [0.29, 0.717) is 22.6 Å². The molecule has 1 aliphatic rings. The summed E-state index contributed by atoms with van der Waals surface area (Å²) in [5.41, 5.74) is 1.74. The summed E-state index contributed by atoms with van der Waals surface area (Å²) in [5.74, 6) is 0.175. The molecule has 7 heteroatoms. The minimum atomic E-state index is -0.355. The lowest BCUT2D eigenvalue weighted by molar-refractivity contribution is 0.0724. The van der Waals surface area contributed by atoms with Crippen molar-refractivity contribution >= 4 is 34.8 Å². The van der Waals surface area contributed by atoms with Gasteiger partial charge in [-0.2, -0.15) is 0 Å². The molecule has 0 radical (unpaired) electrons. The van der Waals surface area contributed by atoms with Gasteiger partial charge in [0.2, 0.25) is 0 Å². The van der Waals surface area contributed by atoms with Crippen LogP contribution in [-0.2, 0) is 0 Å². The number of hydrogen-bond donors (Lipinski definition) is 2. The summed E-state index contributed by atoms with van der Waals surface area (Å²) in [6, 6.07) is 14.0. The van der Waals surface area contributed by atoms with Crippen molar-refractivity contribution in [1.29, 1.82) is 0 Å². The van der Waals surface area contributed by atoms with Crippen LogP contribution in [0.4, 0.5) is 5.69 Å². The number of para-hydroxylation sites is 1. The summed E-state index contributed by atoms with van der Waals surface area (Å²) in [4.78, 5) is 26.8. The van der Waals surface area contributed by atoms with E-state index in [1.54, 1.807) is 48.5 Å². The number of methoxy groups -OCH3 is 1. The van der Waals surface area contributed by atoms with Crippen molar-refractivity contribution in [3.63, 3.8) is 0 Å². The molecule has 0 atom stereocenters. The number of thiocarbonyl (C=S) groups is 1. The molecule has 1 heterocycles. The van der Waals surface area contributed by atoms with Crippen LogP contribution < -0.4 is 15.4 Å². The summed E-state index contributed by atoms with van der Waals surface area (Å²) in [7, 11) is 1.51. The number of nitrogens with zero attached hydrogens (tertiary/aromatic N) is 1. The average molecular weight is 398 g/mol. The fraction of sp³-hybridized carbons (Fsp3) is 0.286. The Labute approximate surface area is 169 Å². The Balaban J connectivity index is 1.58. The first-order valence-electron chi connectivity index (χ1n) is 9.23. The van der Waals surface area contributed by atoms with Crippen molar-refractivity contribution in [3.8, 4) is 5.75 Å². The summed E-state index contributed by atoms with van der Waals surface area (Å²) in [5, 5.41) is 5.77. The van der Waals surface area contributed by atoms with E-state index < -0.39 is 0 Å². The smallest absolute Gasteiger partial charge is 0.261 e. The Hall–Kier alpha value is -2.93. The Morgan fingerprint density at radius 3 is 2.36 bits per heavy atom. The van der Waals surface area contributed by atoms with E-state index in [9.17, 15) is 9.59 Å². The second kappa shape index (κ2) is 9.32. The number of carbonyl (C=O) groups excluding carboxylic acids is 2. The molecule has 2 amide bonds. The number of piperidine rings is 1. The van der Waals surface area contributed by atoms with Gasteiger partial charge in [-0.25, -0.2) is 0 Å². The number of hydrogen-bond acceptors (Lipinski definition) is 4. The highest BCUT2D eigenvalue weighted by Crippen LogP contribution is 2.18. The normalized spacial score (nSPS) is 13.5. The Kier molecular flexibility index (Phi) is 6.60. The van der Waals surface area contributed by atoms with Gasteiger partial charge in [-0.3, -0.25) is 14.9 Å². The van der Waals surface area contributed by atoms with Crippen molar-refractivity contribution in [1.82, 2.24) is 10.2 Å². The first kappa shape index (κ1) is 19.8. The van der Waals surface area contributed by atoms with Crippen LogP contribution in [0.5, 0.6) is 5.75 Å². The minimum Gasteiger partial charge on any atom is -0.496 e. The number of benzene rings is 2. The monoisotopic (exact) mass is 397 g/mol. The first-order valence-corrected chi connectivity index (χ1v) is 9.64. The number of amides is 2. The van der Waals surface area contributed by atoms with Gasteiger partial charge in [-0.15, -0.1) is 0 Å². The lowest BCUT2D eigenvalue weighted by Crippen LogP contribution is -2.35. The molecule has 6 nitrogen and oxygen atoms in total. The summed E-state index contributed by atoms with van der Waals surface area (Å²) in [6.45, 7) is 1.63.